The van der Waals surface area contributed by atoms with E-state index in [4.69, 9.17) is 4.42 Å². The van der Waals surface area contributed by atoms with Crippen molar-refractivity contribution in [3.05, 3.63) is 89.7 Å². The van der Waals surface area contributed by atoms with Crippen LogP contribution in [-0.2, 0) is 0 Å². The molecule has 4 rings (SSSR count). The van der Waals surface area contributed by atoms with E-state index in [2.05, 4.69) is 15.5 Å². The minimum absolute atomic E-state index is 0.301. The number of aryl methyl sites for hydroxylation is 1. The number of aromatic nitrogens is 1. The van der Waals surface area contributed by atoms with Crippen molar-refractivity contribution in [2.24, 2.45) is 5.10 Å². The average Bonchev–Trinajstić information content (AvgIpc) is 3.22. The normalized spacial score (nSPS) is 11.1. The standard InChI is InChI=1S/C22H17N3O2/c1-15-6-4-7-16(12-15)14-23-25-22(26)18-13-20(21-10-5-11-27-21)24-19-9-3-2-8-17(18)19/h2-14H,1H3,(H,25,26)/b23-14+. The molecule has 0 aliphatic rings. The van der Waals surface area contributed by atoms with Crippen molar-refractivity contribution >= 4 is 23.0 Å². The monoisotopic (exact) mass is 355 g/mol. The minimum atomic E-state index is -0.301. The van der Waals surface area contributed by atoms with Gasteiger partial charge in [0.1, 0.15) is 5.69 Å². The second-order valence-electron chi connectivity index (χ2n) is 6.16. The molecule has 0 spiro atoms. The highest BCUT2D eigenvalue weighted by Gasteiger charge is 2.14. The number of carbonyl (C=O) groups excluding carboxylic acids is 1. The number of carbonyl (C=O) groups is 1. The van der Waals surface area contributed by atoms with Crippen LogP contribution in [0.2, 0.25) is 0 Å². The van der Waals surface area contributed by atoms with Crippen LogP contribution in [0.5, 0.6) is 0 Å². The van der Waals surface area contributed by atoms with E-state index in [0.29, 0.717) is 17.0 Å². The molecule has 0 saturated carbocycles. The largest absolute Gasteiger partial charge is 0.463 e. The number of hydrazone groups is 1. The summed E-state index contributed by atoms with van der Waals surface area (Å²) in [5.41, 5.74) is 6.48. The highest BCUT2D eigenvalue weighted by molar-refractivity contribution is 6.07. The molecule has 1 N–H and O–H groups in total. The van der Waals surface area contributed by atoms with E-state index in [9.17, 15) is 4.79 Å². The SMILES string of the molecule is Cc1cccc(/C=N/NC(=O)c2cc(-c3ccco3)nc3ccccc23)c1. The lowest BCUT2D eigenvalue weighted by atomic mass is 10.1. The van der Waals surface area contributed by atoms with E-state index in [-0.39, 0.29) is 5.91 Å². The van der Waals surface area contributed by atoms with E-state index in [1.54, 1.807) is 24.6 Å². The first kappa shape index (κ1) is 16.7. The number of benzene rings is 2. The van der Waals surface area contributed by atoms with Crippen LogP contribution in [0.4, 0.5) is 0 Å². The van der Waals surface area contributed by atoms with Crippen LogP contribution in [0, 0.1) is 6.92 Å². The van der Waals surface area contributed by atoms with Crippen molar-refractivity contribution in [3.63, 3.8) is 0 Å². The zero-order chi connectivity index (χ0) is 18.6. The second-order valence-corrected chi connectivity index (χ2v) is 6.16. The van der Waals surface area contributed by atoms with Gasteiger partial charge in [0, 0.05) is 5.39 Å². The molecule has 27 heavy (non-hydrogen) atoms. The van der Waals surface area contributed by atoms with Crippen LogP contribution in [-0.4, -0.2) is 17.1 Å². The molecule has 0 aliphatic carbocycles. The Hall–Kier alpha value is -3.73. The van der Waals surface area contributed by atoms with Gasteiger partial charge in [-0.3, -0.25) is 4.79 Å². The van der Waals surface area contributed by atoms with E-state index in [1.165, 1.54) is 0 Å². The number of pyridine rings is 1. The fraction of sp³-hybridized carbons (Fsp3) is 0.0455. The number of furan rings is 1. The zero-order valence-electron chi connectivity index (χ0n) is 14.7. The Kier molecular flexibility index (Phi) is 4.49. The topological polar surface area (TPSA) is 67.5 Å². The zero-order valence-corrected chi connectivity index (χ0v) is 14.7. The van der Waals surface area contributed by atoms with Gasteiger partial charge in [0.15, 0.2) is 5.76 Å². The van der Waals surface area contributed by atoms with Gasteiger partial charge in [0.25, 0.3) is 5.91 Å². The van der Waals surface area contributed by atoms with E-state index >= 15 is 0 Å². The van der Waals surface area contributed by atoms with Crippen molar-refractivity contribution in [1.29, 1.82) is 0 Å². The Morgan fingerprint density at radius 1 is 1.07 bits per heavy atom. The highest BCUT2D eigenvalue weighted by atomic mass is 16.3. The van der Waals surface area contributed by atoms with Gasteiger partial charge in [-0.1, -0.05) is 48.0 Å². The summed E-state index contributed by atoms with van der Waals surface area (Å²) in [6, 6.07) is 20.7. The van der Waals surface area contributed by atoms with Crippen LogP contribution < -0.4 is 5.43 Å². The predicted octanol–water partition coefficient (Wildman–Crippen LogP) is 4.57. The number of amides is 1. The Morgan fingerprint density at radius 2 is 1.96 bits per heavy atom. The van der Waals surface area contributed by atoms with Crippen molar-refractivity contribution in [1.82, 2.24) is 10.4 Å². The summed E-state index contributed by atoms with van der Waals surface area (Å²) in [6.45, 7) is 2.01. The summed E-state index contributed by atoms with van der Waals surface area (Å²) < 4.78 is 5.43. The smallest absolute Gasteiger partial charge is 0.272 e. The molecule has 0 aliphatic heterocycles. The van der Waals surface area contributed by atoms with Crippen molar-refractivity contribution in [2.75, 3.05) is 0 Å². The number of hydrogen-bond donors (Lipinski definition) is 1. The first-order valence-corrected chi connectivity index (χ1v) is 8.54. The lowest BCUT2D eigenvalue weighted by Gasteiger charge is -2.07. The molecule has 0 atom stereocenters. The maximum atomic E-state index is 12.8. The molecule has 1 amide bonds. The van der Waals surface area contributed by atoms with E-state index < -0.39 is 0 Å². The molecule has 2 aromatic carbocycles. The van der Waals surface area contributed by atoms with Crippen molar-refractivity contribution in [2.45, 2.75) is 6.92 Å². The van der Waals surface area contributed by atoms with Crippen molar-refractivity contribution in [3.8, 4) is 11.5 Å². The number of nitrogens with zero attached hydrogens (tertiary/aromatic N) is 2. The summed E-state index contributed by atoms with van der Waals surface area (Å²) in [5, 5.41) is 4.85. The highest BCUT2D eigenvalue weighted by Crippen LogP contribution is 2.25. The van der Waals surface area contributed by atoms with E-state index in [1.807, 2.05) is 61.5 Å². The third-order valence-corrected chi connectivity index (χ3v) is 4.16. The summed E-state index contributed by atoms with van der Waals surface area (Å²) >= 11 is 0. The number of rotatable bonds is 4. The quantitative estimate of drug-likeness (QED) is 0.431. The summed E-state index contributed by atoms with van der Waals surface area (Å²) in [5.74, 6) is 0.309. The molecule has 0 radical (unpaired) electrons. The average molecular weight is 355 g/mol. The van der Waals surface area contributed by atoms with Crippen molar-refractivity contribution < 1.29 is 9.21 Å². The first-order valence-electron chi connectivity index (χ1n) is 8.54. The molecule has 5 heteroatoms. The van der Waals surface area contributed by atoms with Gasteiger partial charge >= 0.3 is 0 Å². The summed E-state index contributed by atoms with van der Waals surface area (Å²) in [4.78, 5) is 17.3. The first-order chi connectivity index (χ1) is 13.2. The molecule has 4 aromatic rings. The Bertz CT molecular complexity index is 1130. The second kappa shape index (κ2) is 7.25. The van der Waals surface area contributed by atoms with Crippen LogP contribution in [0.15, 0.2) is 82.5 Å². The van der Waals surface area contributed by atoms with Gasteiger partial charge in [-0.15, -0.1) is 0 Å². The lowest BCUT2D eigenvalue weighted by Crippen LogP contribution is -2.18. The minimum Gasteiger partial charge on any atom is -0.463 e. The Balaban J connectivity index is 1.66. The fourth-order valence-electron chi connectivity index (χ4n) is 2.89. The molecule has 2 heterocycles. The molecule has 0 unspecified atom stereocenters. The number of para-hydroxylation sites is 1. The van der Waals surface area contributed by atoms with Gasteiger partial charge in [0.05, 0.1) is 23.6 Å². The molecular weight excluding hydrogens is 338 g/mol. The third-order valence-electron chi connectivity index (χ3n) is 4.16. The maximum Gasteiger partial charge on any atom is 0.272 e. The van der Waals surface area contributed by atoms with Gasteiger partial charge < -0.3 is 4.42 Å². The van der Waals surface area contributed by atoms with Gasteiger partial charge in [-0.2, -0.15) is 5.10 Å². The van der Waals surface area contributed by atoms with Crippen LogP contribution in [0.3, 0.4) is 0 Å². The number of hydrogen-bond acceptors (Lipinski definition) is 4. The summed E-state index contributed by atoms with van der Waals surface area (Å²) in [7, 11) is 0. The molecule has 132 valence electrons. The van der Waals surface area contributed by atoms with Gasteiger partial charge in [-0.25, -0.2) is 10.4 Å². The fourth-order valence-corrected chi connectivity index (χ4v) is 2.89. The molecule has 2 aromatic heterocycles. The number of fused-ring (bicyclic) bond motifs is 1. The predicted molar refractivity (Wildman–Crippen MR) is 106 cm³/mol. The van der Waals surface area contributed by atoms with Crippen LogP contribution in [0.1, 0.15) is 21.5 Å². The third kappa shape index (κ3) is 3.62. The summed E-state index contributed by atoms with van der Waals surface area (Å²) in [6.07, 6.45) is 3.21. The number of nitrogens with one attached hydrogen (secondary N) is 1. The molecular formula is C22H17N3O2. The molecule has 5 nitrogen and oxygen atoms in total. The van der Waals surface area contributed by atoms with Crippen LogP contribution >= 0.6 is 0 Å². The van der Waals surface area contributed by atoms with Gasteiger partial charge in [-0.05, 0) is 36.8 Å². The van der Waals surface area contributed by atoms with E-state index in [0.717, 1.165) is 22.0 Å². The lowest BCUT2D eigenvalue weighted by molar-refractivity contribution is 0.0957. The Labute approximate surface area is 156 Å². The van der Waals surface area contributed by atoms with Gasteiger partial charge in [0.2, 0.25) is 0 Å². The molecule has 0 fully saturated rings. The molecule has 0 bridgehead atoms. The molecule has 0 saturated heterocycles. The Morgan fingerprint density at radius 3 is 2.78 bits per heavy atom. The van der Waals surface area contributed by atoms with Crippen LogP contribution in [0.25, 0.3) is 22.4 Å². The maximum absolute atomic E-state index is 12.8.